The van der Waals surface area contributed by atoms with E-state index < -0.39 is 0 Å². The van der Waals surface area contributed by atoms with Gasteiger partial charge in [-0.2, -0.15) is 0 Å². The van der Waals surface area contributed by atoms with Crippen molar-refractivity contribution in [1.82, 2.24) is 0 Å². The van der Waals surface area contributed by atoms with Gasteiger partial charge in [-0.15, -0.1) is 0 Å². The lowest BCUT2D eigenvalue weighted by Crippen LogP contribution is -1.92. The quantitative estimate of drug-likeness (QED) is 0.854. The first-order valence-corrected chi connectivity index (χ1v) is 5.91. The second-order valence-corrected chi connectivity index (χ2v) is 4.51. The number of nitrogens with two attached hydrogens (primary N) is 1. The molecule has 0 amide bonds. The van der Waals surface area contributed by atoms with Crippen LogP contribution >= 0.6 is 15.9 Å². The van der Waals surface area contributed by atoms with E-state index in [1.165, 1.54) is 0 Å². The number of hydrogen-bond acceptors (Lipinski definition) is 3. The second kappa shape index (κ2) is 5.21. The Morgan fingerprint density at radius 1 is 1.18 bits per heavy atom. The lowest BCUT2D eigenvalue weighted by molar-refractivity contribution is 0.281. The molecule has 0 saturated heterocycles. The highest BCUT2D eigenvalue weighted by Crippen LogP contribution is 2.30. The van der Waals surface area contributed by atoms with Crippen LogP contribution < -0.4 is 10.5 Å². The Hall–Kier alpha value is -1.52. The molecule has 2 rings (SSSR count). The maximum absolute atomic E-state index is 9.03. The summed E-state index contributed by atoms with van der Waals surface area (Å²) in [5.41, 5.74) is 7.20. The Balaban J connectivity index is 2.25. The molecule has 0 atom stereocenters. The summed E-state index contributed by atoms with van der Waals surface area (Å²) < 4.78 is 6.56. The van der Waals surface area contributed by atoms with Crippen LogP contribution in [0.1, 0.15) is 5.56 Å². The fraction of sp³-hybridized carbons (Fsp3) is 0.0769. The van der Waals surface area contributed by atoms with E-state index in [0.717, 1.165) is 10.0 Å². The topological polar surface area (TPSA) is 55.5 Å². The van der Waals surface area contributed by atoms with Crippen molar-refractivity contribution in [2.45, 2.75) is 6.61 Å². The van der Waals surface area contributed by atoms with E-state index in [0.29, 0.717) is 17.2 Å². The number of nitrogen functional groups attached to an aromatic ring is 1. The van der Waals surface area contributed by atoms with Gasteiger partial charge < -0.3 is 15.6 Å². The lowest BCUT2D eigenvalue weighted by atomic mass is 10.2. The number of aliphatic hydroxyl groups excluding tert-OH is 1. The highest BCUT2D eigenvalue weighted by Gasteiger charge is 2.03. The minimum absolute atomic E-state index is 0.00692. The van der Waals surface area contributed by atoms with Crippen LogP contribution in [0.4, 0.5) is 5.69 Å². The van der Waals surface area contributed by atoms with Gasteiger partial charge in [-0.1, -0.05) is 28.1 Å². The molecule has 3 nitrogen and oxygen atoms in total. The molecule has 17 heavy (non-hydrogen) atoms. The lowest BCUT2D eigenvalue weighted by Gasteiger charge is -2.09. The third-order valence-corrected chi connectivity index (χ3v) is 2.77. The van der Waals surface area contributed by atoms with Crippen molar-refractivity contribution < 1.29 is 9.84 Å². The highest BCUT2D eigenvalue weighted by molar-refractivity contribution is 9.10. The molecule has 2 aromatic rings. The van der Waals surface area contributed by atoms with Gasteiger partial charge in [0.2, 0.25) is 0 Å². The van der Waals surface area contributed by atoms with Crippen molar-refractivity contribution in [3.63, 3.8) is 0 Å². The van der Waals surface area contributed by atoms with E-state index >= 15 is 0 Å². The summed E-state index contributed by atoms with van der Waals surface area (Å²) in [7, 11) is 0. The molecule has 4 heteroatoms. The predicted octanol–water partition coefficient (Wildman–Crippen LogP) is 3.32. The van der Waals surface area contributed by atoms with E-state index in [-0.39, 0.29) is 6.61 Å². The van der Waals surface area contributed by atoms with Gasteiger partial charge in [-0.05, 0) is 35.9 Å². The molecule has 0 aromatic heterocycles. The number of ether oxygens (including phenoxy) is 1. The zero-order chi connectivity index (χ0) is 12.3. The number of rotatable bonds is 3. The third kappa shape index (κ3) is 2.99. The number of benzene rings is 2. The van der Waals surface area contributed by atoms with Crippen molar-refractivity contribution in [3.05, 3.63) is 52.5 Å². The van der Waals surface area contributed by atoms with Crippen molar-refractivity contribution in [3.8, 4) is 11.5 Å². The van der Waals surface area contributed by atoms with E-state index in [4.69, 9.17) is 15.6 Å². The van der Waals surface area contributed by atoms with Crippen LogP contribution in [-0.4, -0.2) is 5.11 Å². The average Bonchev–Trinajstić information content (AvgIpc) is 2.33. The molecular formula is C13H12BrNO2. The summed E-state index contributed by atoms with van der Waals surface area (Å²) in [6.07, 6.45) is 0. The van der Waals surface area contributed by atoms with Crippen molar-refractivity contribution in [2.75, 3.05) is 5.73 Å². The fourth-order valence-electron chi connectivity index (χ4n) is 1.45. The summed E-state index contributed by atoms with van der Waals surface area (Å²) in [6.45, 7) is -0.00692. The molecule has 3 N–H and O–H groups in total. The van der Waals surface area contributed by atoms with Crippen molar-refractivity contribution in [2.24, 2.45) is 0 Å². The first kappa shape index (κ1) is 12.0. The van der Waals surface area contributed by atoms with Crippen LogP contribution in [0.3, 0.4) is 0 Å². The predicted molar refractivity (Wildman–Crippen MR) is 71.0 cm³/mol. The van der Waals surface area contributed by atoms with E-state index in [1.54, 1.807) is 18.2 Å². The van der Waals surface area contributed by atoms with Gasteiger partial charge in [0.25, 0.3) is 0 Å². The maximum atomic E-state index is 9.03. The molecule has 0 aliphatic carbocycles. The molecular weight excluding hydrogens is 282 g/mol. The van der Waals surface area contributed by atoms with Gasteiger partial charge in [0.15, 0.2) is 0 Å². The monoisotopic (exact) mass is 293 g/mol. The second-order valence-electron chi connectivity index (χ2n) is 3.59. The van der Waals surface area contributed by atoms with Crippen LogP contribution in [-0.2, 0) is 6.61 Å². The summed E-state index contributed by atoms with van der Waals surface area (Å²) in [5, 5.41) is 9.03. The first-order valence-electron chi connectivity index (χ1n) is 5.12. The maximum Gasteiger partial charge on any atom is 0.150 e. The Morgan fingerprint density at radius 3 is 2.71 bits per heavy atom. The van der Waals surface area contributed by atoms with Crippen molar-refractivity contribution in [1.29, 1.82) is 0 Å². The third-order valence-electron chi connectivity index (χ3n) is 2.28. The molecule has 0 unspecified atom stereocenters. The Labute approximate surface area is 108 Å². The van der Waals surface area contributed by atoms with Crippen LogP contribution in [0.5, 0.6) is 11.5 Å². The average molecular weight is 294 g/mol. The van der Waals surface area contributed by atoms with E-state index in [1.807, 2.05) is 24.3 Å². The normalized spacial score (nSPS) is 10.2. The summed E-state index contributed by atoms with van der Waals surface area (Å²) >= 11 is 3.34. The van der Waals surface area contributed by atoms with Crippen LogP contribution in [0, 0.1) is 0 Å². The molecule has 0 spiro atoms. The Bertz CT molecular complexity index is 529. The molecule has 0 radical (unpaired) electrons. The number of anilines is 1. The molecule has 0 bridgehead atoms. The Kier molecular flexibility index (Phi) is 3.66. The van der Waals surface area contributed by atoms with Crippen LogP contribution in [0.2, 0.25) is 0 Å². The minimum Gasteiger partial charge on any atom is -0.455 e. The van der Waals surface area contributed by atoms with Crippen molar-refractivity contribution >= 4 is 21.6 Å². The summed E-state index contributed by atoms with van der Waals surface area (Å²) in [6, 6.07) is 12.7. The molecule has 0 heterocycles. The van der Waals surface area contributed by atoms with Gasteiger partial charge in [0.1, 0.15) is 11.5 Å². The molecule has 0 fully saturated rings. The highest BCUT2D eigenvalue weighted by atomic mass is 79.9. The van der Waals surface area contributed by atoms with Gasteiger partial charge in [-0.3, -0.25) is 0 Å². The summed E-state index contributed by atoms with van der Waals surface area (Å²) in [5.74, 6) is 1.26. The van der Waals surface area contributed by atoms with Crippen LogP contribution in [0.15, 0.2) is 46.9 Å². The zero-order valence-electron chi connectivity index (χ0n) is 9.06. The van der Waals surface area contributed by atoms with E-state index in [2.05, 4.69) is 15.9 Å². The van der Waals surface area contributed by atoms with Gasteiger partial charge in [0, 0.05) is 4.47 Å². The summed E-state index contributed by atoms with van der Waals surface area (Å²) in [4.78, 5) is 0. The zero-order valence-corrected chi connectivity index (χ0v) is 10.6. The van der Waals surface area contributed by atoms with Gasteiger partial charge >= 0.3 is 0 Å². The number of hydrogen-bond donors (Lipinski definition) is 2. The molecule has 2 aromatic carbocycles. The number of aliphatic hydroxyl groups is 1. The van der Waals surface area contributed by atoms with Gasteiger partial charge in [0.05, 0.1) is 12.3 Å². The smallest absolute Gasteiger partial charge is 0.150 e. The molecule has 88 valence electrons. The molecule has 0 saturated carbocycles. The standard InChI is InChI=1S/C13H12BrNO2/c14-10-4-5-13(12(15)7-10)17-11-3-1-2-9(6-11)8-16/h1-7,16H,8,15H2. The van der Waals surface area contributed by atoms with Crippen LogP contribution in [0.25, 0.3) is 0 Å². The minimum atomic E-state index is -0.00692. The fourth-order valence-corrected chi connectivity index (χ4v) is 1.83. The largest absolute Gasteiger partial charge is 0.455 e. The van der Waals surface area contributed by atoms with E-state index in [9.17, 15) is 0 Å². The number of halogens is 1. The first-order chi connectivity index (χ1) is 8.19. The SMILES string of the molecule is Nc1cc(Br)ccc1Oc1cccc(CO)c1. The molecule has 0 aliphatic heterocycles. The Morgan fingerprint density at radius 2 is 2.00 bits per heavy atom. The molecule has 0 aliphatic rings. The van der Waals surface area contributed by atoms with Gasteiger partial charge in [-0.25, -0.2) is 0 Å².